The van der Waals surface area contributed by atoms with E-state index in [0.717, 1.165) is 12.1 Å². The average Bonchev–Trinajstić information content (AvgIpc) is 2.25. The van der Waals surface area contributed by atoms with E-state index in [2.05, 4.69) is 0 Å². The minimum absolute atomic E-state index is 0. The van der Waals surface area contributed by atoms with E-state index in [-0.39, 0.29) is 127 Å². The van der Waals surface area contributed by atoms with Gasteiger partial charge in [-0.15, -0.1) is 0 Å². The fourth-order valence-electron chi connectivity index (χ4n) is 1.71. The van der Waals surface area contributed by atoms with Gasteiger partial charge in [0.2, 0.25) is 0 Å². The van der Waals surface area contributed by atoms with Gasteiger partial charge in [0.1, 0.15) is 31.7 Å². The predicted octanol–water partition coefficient (Wildman–Crippen LogP) is -5.93. The van der Waals surface area contributed by atoms with Gasteiger partial charge in [-0.1, -0.05) is 0 Å². The second kappa shape index (κ2) is 8.41. The first-order chi connectivity index (χ1) is 9.00. The quantitative estimate of drug-likeness (QED) is 0.396. The fraction of sp³-hybridized carbons (Fsp3) is 0. The number of aromatic hydroxyl groups is 2. The molecule has 108 valence electrons. The Hall–Kier alpha value is 1.73. The van der Waals surface area contributed by atoms with Gasteiger partial charge in [0, 0.05) is 0 Å². The second-order valence-electron chi connectivity index (χ2n) is 3.89. The summed E-state index contributed by atoms with van der Waals surface area (Å²) in [6.45, 7) is 0. The molecule has 0 aliphatic rings. The molecule has 0 unspecified atom stereocenters. The largest absolute Gasteiger partial charge is 1.00 e. The topological polar surface area (TPSA) is 155 Å². The van der Waals surface area contributed by atoms with Crippen molar-refractivity contribution in [1.82, 2.24) is 0 Å². The Labute approximate surface area is 224 Å². The van der Waals surface area contributed by atoms with Gasteiger partial charge in [0.25, 0.3) is 0 Å². The van der Waals surface area contributed by atoms with Crippen LogP contribution in [-0.2, 0) is 20.2 Å². The number of phenols is 2. The number of benzene rings is 2. The number of hydrogen-bond donors (Lipinski definition) is 2. The van der Waals surface area contributed by atoms with Crippen molar-refractivity contribution < 1.29 is 153 Å². The Balaban J connectivity index is 0.00000220. The molecule has 12 heteroatoms. The summed E-state index contributed by atoms with van der Waals surface area (Å²) in [5, 5.41) is 18.7. The van der Waals surface area contributed by atoms with Gasteiger partial charge >= 0.3 is 116 Å². The molecule has 0 saturated heterocycles. The molecular weight excluding hydrogens is 483 g/mol. The van der Waals surface area contributed by atoms with E-state index >= 15 is 0 Å². The van der Waals surface area contributed by atoms with Crippen molar-refractivity contribution in [3.8, 4) is 11.5 Å². The molecule has 0 saturated carbocycles. The smallest absolute Gasteiger partial charge is 0.744 e. The van der Waals surface area contributed by atoms with Crippen LogP contribution in [0.4, 0.5) is 0 Å². The third-order valence-electron chi connectivity index (χ3n) is 2.53. The van der Waals surface area contributed by atoms with Crippen LogP contribution in [0.2, 0.25) is 0 Å². The molecule has 2 rings (SSSR count). The zero-order chi connectivity index (χ0) is 15.3. The van der Waals surface area contributed by atoms with Crippen LogP contribution in [-0.4, -0.2) is 36.2 Å². The molecule has 2 aromatic rings. The third kappa shape index (κ3) is 5.36. The van der Waals surface area contributed by atoms with E-state index in [1.807, 2.05) is 0 Å². The first kappa shape index (κ1) is 23.7. The zero-order valence-corrected chi connectivity index (χ0v) is 22.9. The maximum Gasteiger partial charge on any atom is 1.00 e. The normalized spacial score (nSPS) is 11.5. The van der Waals surface area contributed by atoms with E-state index in [4.69, 9.17) is 0 Å². The van der Waals surface area contributed by atoms with Gasteiger partial charge in [0.15, 0.2) is 0 Å². The van der Waals surface area contributed by atoms with Gasteiger partial charge in [-0.25, -0.2) is 16.8 Å². The van der Waals surface area contributed by atoms with Crippen LogP contribution < -0.4 is 116 Å². The average molecular weight is 489 g/mol. The molecule has 0 spiro atoms. The third-order valence-corrected chi connectivity index (χ3v) is 4.16. The fourth-order valence-corrected chi connectivity index (χ4v) is 2.76. The maximum atomic E-state index is 10.9. The Kier molecular flexibility index (Phi) is 9.07. The molecule has 0 radical (unpaired) electrons. The van der Waals surface area contributed by atoms with E-state index < -0.39 is 41.5 Å². The van der Waals surface area contributed by atoms with Gasteiger partial charge in [0.05, 0.1) is 15.2 Å². The van der Waals surface area contributed by atoms with Crippen LogP contribution in [0.15, 0.2) is 34.1 Å². The van der Waals surface area contributed by atoms with Crippen LogP contribution in [0.5, 0.6) is 11.5 Å². The van der Waals surface area contributed by atoms with Crippen LogP contribution in [0.3, 0.4) is 0 Å². The second-order valence-corrected chi connectivity index (χ2v) is 6.65. The van der Waals surface area contributed by atoms with Crippen molar-refractivity contribution in [2.24, 2.45) is 0 Å². The van der Waals surface area contributed by atoms with Gasteiger partial charge in [-0.3, -0.25) is 0 Å². The van der Waals surface area contributed by atoms with Crippen molar-refractivity contribution >= 4 is 31.0 Å². The van der Waals surface area contributed by atoms with Crippen LogP contribution in [0, 0.1) is 0 Å². The molecule has 0 aliphatic heterocycles. The summed E-state index contributed by atoms with van der Waals surface area (Å²) in [4.78, 5) is -1.63. The molecule has 0 amide bonds. The summed E-state index contributed by atoms with van der Waals surface area (Å²) >= 11 is 0. The zero-order valence-electron chi connectivity index (χ0n) is 11.5. The molecule has 0 aliphatic carbocycles. The molecule has 0 heterocycles. The van der Waals surface area contributed by atoms with E-state index in [1.165, 1.54) is 0 Å². The van der Waals surface area contributed by atoms with Crippen molar-refractivity contribution in [3.63, 3.8) is 0 Å². The summed E-state index contributed by atoms with van der Waals surface area (Å²) in [6, 6.07) is 2.75. The van der Waals surface area contributed by atoms with Gasteiger partial charge in [-0.05, 0) is 29.7 Å². The van der Waals surface area contributed by atoms with Crippen molar-refractivity contribution in [1.29, 1.82) is 0 Å². The summed E-state index contributed by atoms with van der Waals surface area (Å²) < 4.78 is 65.3. The molecule has 8 nitrogen and oxygen atoms in total. The maximum absolute atomic E-state index is 10.9. The summed E-state index contributed by atoms with van der Waals surface area (Å²) in [6.07, 6.45) is 0. The predicted molar refractivity (Wildman–Crippen MR) is 63.2 cm³/mol. The van der Waals surface area contributed by atoms with Gasteiger partial charge in [-0.2, -0.15) is 0 Å². The summed E-state index contributed by atoms with van der Waals surface area (Å²) in [5.41, 5.74) is 0. The van der Waals surface area contributed by atoms with Crippen molar-refractivity contribution in [2.75, 3.05) is 0 Å². The number of hydrogen-bond acceptors (Lipinski definition) is 8. The molecule has 0 fully saturated rings. The SMILES string of the molecule is O=S(=O)([O-])c1cc(O)c2c(O)cc(S(=O)(=O)[O-])cc2c1.[Rb+].[Rb+]. The molecule has 0 atom stereocenters. The Morgan fingerprint density at radius 1 is 0.727 bits per heavy atom. The molecule has 2 N–H and O–H groups in total. The summed E-state index contributed by atoms with van der Waals surface area (Å²) in [7, 11) is -9.79. The van der Waals surface area contributed by atoms with E-state index in [1.54, 1.807) is 0 Å². The van der Waals surface area contributed by atoms with Crippen molar-refractivity contribution in [3.05, 3.63) is 24.3 Å². The standard InChI is InChI=1S/C10H8O8S2.2Rb/c11-8-3-6(19(13,14)15)1-5-2-7(20(16,17)18)4-9(12)10(5)8;;/h1-4,11-12H,(H,13,14,15)(H,16,17,18);;/q;2*+1/p-2. The first-order valence-electron chi connectivity index (χ1n) is 4.91. The first-order valence-corrected chi connectivity index (χ1v) is 7.73. The number of phenolic OH excluding ortho intramolecular Hbond substituents is 2. The molecule has 22 heavy (non-hydrogen) atoms. The molecule has 0 aromatic heterocycles. The summed E-state index contributed by atoms with van der Waals surface area (Å²) in [5.74, 6) is -1.46. The Morgan fingerprint density at radius 2 is 1.05 bits per heavy atom. The monoisotopic (exact) mass is 488 g/mol. The Morgan fingerprint density at radius 3 is 1.32 bits per heavy atom. The van der Waals surface area contributed by atoms with E-state index in [9.17, 15) is 36.2 Å². The molecule has 2 aromatic carbocycles. The van der Waals surface area contributed by atoms with Crippen molar-refractivity contribution in [2.45, 2.75) is 9.79 Å². The number of fused-ring (bicyclic) bond motifs is 1. The minimum atomic E-state index is -4.90. The van der Waals surface area contributed by atoms with E-state index in [0.29, 0.717) is 12.1 Å². The van der Waals surface area contributed by atoms with Crippen LogP contribution >= 0.6 is 0 Å². The Bertz CT molecular complexity index is 849. The minimum Gasteiger partial charge on any atom is -0.744 e. The van der Waals surface area contributed by atoms with Gasteiger partial charge < -0.3 is 19.3 Å². The number of rotatable bonds is 2. The molecule has 0 bridgehead atoms. The van der Waals surface area contributed by atoms with Crippen LogP contribution in [0.25, 0.3) is 10.8 Å². The van der Waals surface area contributed by atoms with Crippen LogP contribution in [0.1, 0.15) is 0 Å². The molecular formula is C10H6O8Rb2S2.